The number of hydrogen-bond donors (Lipinski definition) is 1. The first-order valence-corrected chi connectivity index (χ1v) is 5.40. The van der Waals surface area contributed by atoms with Crippen molar-refractivity contribution in [2.45, 2.75) is 18.4 Å². The van der Waals surface area contributed by atoms with Crippen LogP contribution < -0.4 is 5.73 Å². The minimum absolute atomic E-state index is 0.264. The van der Waals surface area contributed by atoms with Crippen molar-refractivity contribution in [2.24, 2.45) is 11.7 Å². The van der Waals surface area contributed by atoms with Gasteiger partial charge in [-0.05, 0) is 25.0 Å². The van der Waals surface area contributed by atoms with E-state index >= 15 is 0 Å². The molecule has 12 heavy (non-hydrogen) atoms. The highest BCUT2D eigenvalue weighted by molar-refractivity contribution is 7.98. The van der Waals surface area contributed by atoms with E-state index in [1.807, 2.05) is 6.26 Å². The van der Waals surface area contributed by atoms with Crippen LogP contribution in [0, 0.1) is 5.92 Å². The van der Waals surface area contributed by atoms with Crippen LogP contribution in [0.2, 0.25) is 0 Å². The molecule has 0 aromatic carbocycles. The second-order valence-corrected chi connectivity index (χ2v) is 4.11. The van der Waals surface area contributed by atoms with Crippen LogP contribution in [0.3, 0.4) is 0 Å². The van der Waals surface area contributed by atoms with E-state index in [-0.39, 0.29) is 5.97 Å². The van der Waals surface area contributed by atoms with E-state index < -0.39 is 5.54 Å². The van der Waals surface area contributed by atoms with Crippen LogP contribution in [-0.2, 0) is 9.53 Å². The third-order valence-electron chi connectivity index (χ3n) is 2.25. The van der Waals surface area contributed by atoms with E-state index in [4.69, 9.17) is 10.5 Å². The first-order valence-electron chi connectivity index (χ1n) is 4.01. The molecule has 0 aliphatic heterocycles. The fourth-order valence-electron chi connectivity index (χ4n) is 1.37. The SMILES string of the molecule is COC(=O)C(N)(CSC)C1CC1. The van der Waals surface area contributed by atoms with E-state index in [1.54, 1.807) is 11.8 Å². The average Bonchev–Trinajstić information content (AvgIpc) is 2.85. The van der Waals surface area contributed by atoms with Crippen LogP contribution in [0.15, 0.2) is 0 Å². The second-order valence-electron chi connectivity index (χ2n) is 3.24. The quantitative estimate of drug-likeness (QED) is 0.659. The fourth-order valence-corrected chi connectivity index (χ4v) is 2.20. The Hall–Kier alpha value is -0.220. The molecule has 0 bridgehead atoms. The van der Waals surface area contributed by atoms with Gasteiger partial charge in [0.1, 0.15) is 5.54 Å². The lowest BCUT2D eigenvalue weighted by Gasteiger charge is -2.25. The predicted octanol–water partition coefficient (Wildman–Crippen LogP) is 0.630. The van der Waals surface area contributed by atoms with E-state index in [0.717, 1.165) is 12.8 Å². The summed E-state index contributed by atoms with van der Waals surface area (Å²) in [4.78, 5) is 11.3. The molecule has 0 saturated heterocycles. The molecule has 0 radical (unpaired) electrons. The predicted molar refractivity (Wildman–Crippen MR) is 50.0 cm³/mol. The molecular weight excluding hydrogens is 174 g/mol. The van der Waals surface area contributed by atoms with Crippen molar-refractivity contribution in [3.05, 3.63) is 0 Å². The Morgan fingerprint density at radius 2 is 2.33 bits per heavy atom. The van der Waals surface area contributed by atoms with E-state index in [2.05, 4.69) is 0 Å². The lowest BCUT2D eigenvalue weighted by Crippen LogP contribution is -2.53. The van der Waals surface area contributed by atoms with Crippen LogP contribution in [0.5, 0.6) is 0 Å². The number of carbonyl (C=O) groups excluding carboxylic acids is 1. The third kappa shape index (κ3) is 1.75. The first kappa shape index (κ1) is 9.86. The van der Waals surface area contributed by atoms with Gasteiger partial charge in [0.15, 0.2) is 0 Å². The average molecular weight is 189 g/mol. The molecule has 0 aromatic heterocycles. The van der Waals surface area contributed by atoms with Gasteiger partial charge < -0.3 is 10.5 Å². The highest BCUT2D eigenvalue weighted by Crippen LogP contribution is 2.40. The minimum Gasteiger partial charge on any atom is -0.468 e. The normalized spacial score (nSPS) is 21.6. The third-order valence-corrected chi connectivity index (χ3v) is 3.02. The van der Waals surface area contributed by atoms with Crippen LogP contribution >= 0.6 is 11.8 Å². The Kier molecular flexibility index (Phi) is 3.01. The summed E-state index contributed by atoms with van der Waals surface area (Å²) < 4.78 is 4.69. The Morgan fingerprint density at radius 3 is 2.67 bits per heavy atom. The highest BCUT2D eigenvalue weighted by Gasteiger charge is 2.48. The molecule has 0 aromatic rings. The van der Waals surface area contributed by atoms with Gasteiger partial charge >= 0.3 is 5.97 Å². The van der Waals surface area contributed by atoms with Crippen LogP contribution in [-0.4, -0.2) is 30.6 Å². The van der Waals surface area contributed by atoms with Crippen LogP contribution in [0.25, 0.3) is 0 Å². The van der Waals surface area contributed by atoms with Crippen LogP contribution in [0.4, 0.5) is 0 Å². The highest BCUT2D eigenvalue weighted by atomic mass is 32.2. The molecule has 4 heteroatoms. The summed E-state index contributed by atoms with van der Waals surface area (Å²) in [6.45, 7) is 0. The van der Waals surface area contributed by atoms with Crippen molar-refractivity contribution in [3.8, 4) is 0 Å². The number of hydrogen-bond acceptors (Lipinski definition) is 4. The summed E-state index contributed by atoms with van der Waals surface area (Å²) in [7, 11) is 1.40. The molecule has 70 valence electrons. The number of carbonyl (C=O) groups is 1. The van der Waals surface area contributed by atoms with Gasteiger partial charge in [-0.2, -0.15) is 11.8 Å². The van der Waals surface area contributed by atoms with E-state index in [0.29, 0.717) is 11.7 Å². The summed E-state index contributed by atoms with van der Waals surface area (Å²) in [6.07, 6.45) is 4.07. The van der Waals surface area contributed by atoms with Gasteiger partial charge in [-0.25, -0.2) is 0 Å². The van der Waals surface area contributed by atoms with Gasteiger partial charge in [-0.3, -0.25) is 4.79 Å². The van der Waals surface area contributed by atoms with Gasteiger partial charge in [-0.1, -0.05) is 0 Å². The van der Waals surface area contributed by atoms with Crippen molar-refractivity contribution < 1.29 is 9.53 Å². The number of ether oxygens (including phenoxy) is 1. The Bertz CT molecular complexity index is 182. The minimum atomic E-state index is -0.728. The van der Waals surface area contributed by atoms with Gasteiger partial charge in [0.2, 0.25) is 0 Å². The number of rotatable bonds is 4. The zero-order valence-electron chi connectivity index (χ0n) is 7.50. The molecule has 1 saturated carbocycles. The molecule has 0 amide bonds. The zero-order chi connectivity index (χ0) is 9.19. The largest absolute Gasteiger partial charge is 0.468 e. The maximum Gasteiger partial charge on any atom is 0.326 e. The van der Waals surface area contributed by atoms with E-state index in [9.17, 15) is 4.79 Å². The molecule has 0 spiro atoms. The van der Waals surface area contributed by atoms with Crippen molar-refractivity contribution in [1.29, 1.82) is 0 Å². The molecular formula is C8H15NO2S. The molecule has 2 N–H and O–H groups in total. The van der Waals surface area contributed by atoms with Gasteiger partial charge in [0, 0.05) is 5.75 Å². The molecule has 1 unspecified atom stereocenters. The van der Waals surface area contributed by atoms with E-state index in [1.165, 1.54) is 7.11 Å². The lowest BCUT2D eigenvalue weighted by atomic mass is 9.97. The van der Waals surface area contributed by atoms with Gasteiger partial charge in [0.05, 0.1) is 7.11 Å². The Morgan fingerprint density at radius 1 is 1.75 bits per heavy atom. The van der Waals surface area contributed by atoms with Gasteiger partial charge in [-0.15, -0.1) is 0 Å². The fraction of sp³-hybridized carbons (Fsp3) is 0.875. The summed E-state index contributed by atoms with van der Waals surface area (Å²) >= 11 is 1.59. The van der Waals surface area contributed by atoms with Gasteiger partial charge in [0.25, 0.3) is 0 Å². The number of methoxy groups -OCH3 is 1. The number of nitrogens with two attached hydrogens (primary N) is 1. The lowest BCUT2D eigenvalue weighted by molar-refractivity contribution is -0.146. The zero-order valence-corrected chi connectivity index (χ0v) is 8.32. The number of esters is 1. The topological polar surface area (TPSA) is 52.3 Å². The maximum atomic E-state index is 11.3. The van der Waals surface area contributed by atoms with Crippen LogP contribution in [0.1, 0.15) is 12.8 Å². The molecule has 0 heterocycles. The summed E-state index contributed by atoms with van der Waals surface area (Å²) in [5.74, 6) is 0.737. The summed E-state index contributed by atoms with van der Waals surface area (Å²) in [5.41, 5.74) is 5.24. The maximum absolute atomic E-state index is 11.3. The Balaban J connectivity index is 2.63. The van der Waals surface area contributed by atoms with Crippen molar-refractivity contribution in [1.82, 2.24) is 0 Å². The van der Waals surface area contributed by atoms with Crippen molar-refractivity contribution in [2.75, 3.05) is 19.1 Å². The first-order chi connectivity index (χ1) is 5.65. The molecule has 1 rings (SSSR count). The molecule has 1 fully saturated rings. The van der Waals surface area contributed by atoms with Crippen molar-refractivity contribution >= 4 is 17.7 Å². The molecule has 1 aliphatic carbocycles. The summed E-state index contributed by atoms with van der Waals surface area (Å²) in [6, 6.07) is 0. The standard InChI is InChI=1S/C8H15NO2S/c1-11-7(10)8(9,5-12-2)6-3-4-6/h6H,3-5,9H2,1-2H3. The molecule has 1 atom stereocenters. The van der Waals surface area contributed by atoms with Crippen molar-refractivity contribution in [3.63, 3.8) is 0 Å². The second kappa shape index (κ2) is 3.66. The number of thioether (sulfide) groups is 1. The monoisotopic (exact) mass is 189 g/mol. The smallest absolute Gasteiger partial charge is 0.326 e. The summed E-state index contributed by atoms with van der Waals surface area (Å²) in [5, 5.41) is 0. The molecule has 1 aliphatic rings. The molecule has 3 nitrogen and oxygen atoms in total. The Labute approximate surface area is 77.0 Å².